The summed E-state index contributed by atoms with van der Waals surface area (Å²) in [5.41, 5.74) is 3.04. The molecule has 10 nitrogen and oxygen atoms in total. The Morgan fingerprint density at radius 2 is 0.956 bits per heavy atom. The molecule has 0 amide bonds. The number of halogens is 2. The Morgan fingerprint density at radius 3 is 1.31 bits per heavy atom. The third kappa shape index (κ3) is 7.72. The number of nitrogens with zero attached hydrogens (tertiary/aromatic N) is 6. The third-order valence-corrected chi connectivity index (χ3v) is 6.70. The van der Waals surface area contributed by atoms with Crippen molar-refractivity contribution in [3.8, 4) is 11.5 Å². The number of aromatic hydroxyl groups is 2. The van der Waals surface area contributed by atoms with Crippen LogP contribution in [0.3, 0.4) is 0 Å². The van der Waals surface area contributed by atoms with Gasteiger partial charge in [-0.2, -0.15) is 10.2 Å². The number of benzene rings is 4. The second kappa shape index (κ2) is 15.1. The maximum absolute atomic E-state index is 11.1. The Morgan fingerprint density at radius 1 is 0.578 bits per heavy atom. The second-order valence-electron chi connectivity index (χ2n) is 9.05. The average molecular weight is 678 g/mol. The number of phenols is 2. The van der Waals surface area contributed by atoms with E-state index >= 15 is 0 Å². The number of aromatic nitrogens is 2. The normalized spacial score (nSPS) is 10.9. The van der Waals surface area contributed by atoms with Crippen LogP contribution in [0, 0.1) is 0 Å². The molecule has 6 aromatic rings. The van der Waals surface area contributed by atoms with E-state index in [0.29, 0.717) is 67.2 Å². The summed E-state index contributed by atoms with van der Waals surface area (Å²) in [5.74, 6) is -0.313. The van der Waals surface area contributed by atoms with E-state index in [2.05, 4.69) is 30.4 Å². The van der Waals surface area contributed by atoms with Crippen LogP contribution >= 0.6 is 23.2 Å². The predicted molar refractivity (Wildman–Crippen MR) is 169 cm³/mol. The Labute approximate surface area is 276 Å². The van der Waals surface area contributed by atoms with Gasteiger partial charge in [0.15, 0.2) is 24.1 Å². The topological polar surface area (TPSA) is 150 Å². The van der Waals surface area contributed by atoms with Gasteiger partial charge in [0, 0.05) is 50.3 Å². The molecule has 0 spiro atoms. The summed E-state index contributed by atoms with van der Waals surface area (Å²) in [6.45, 7) is 0. The summed E-state index contributed by atoms with van der Waals surface area (Å²) in [5, 5.41) is 39.0. The maximum atomic E-state index is 11.1. The molecule has 0 atom stereocenters. The summed E-state index contributed by atoms with van der Waals surface area (Å²) in [6.07, 6.45) is 4.20. The van der Waals surface area contributed by atoms with Crippen molar-refractivity contribution >= 4 is 80.3 Å². The van der Waals surface area contributed by atoms with Crippen LogP contribution in [-0.2, 0) is 17.1 Å². The minimum absolute atomic E-state index is 0. The van der Waals surface area contributed by atoms with Crippen molar-refractivity contribution in [1.82, 2.24) is 9.97 Å². The van der Waals surface area contributed by atoms with Gasteiger partial charge in [-0.25, -0.2) is 0 Å². The molecule has 0 aliphatic rings. The molecule has 223 valence electrons. The molecule has 6 rings (SSSR count). The van der Waals surface area contributed by atoms with Gasteiger partial charge >= 0.3 is 0 Å². The van der Waals surface area contributed by atoms with Crippen LogP contribution in [0.5, 0.6) is 11.5 Å². The first kappa shape index (κ1) is 32.8. The number of pyridine rings is 2. The van der Waals surface area contributed by atoms with E-state index in [9.17, 15) is 19.8 Å². The molecule has 2 aromatic heterocycles. The zero-order valence-electron chi connectivity index (χ0n) is 22.9. The van der Waals surface area contributed by atoms with Gasteiger partial charge < -0.3 is 10.2 Å². The Bertz CT molecular complexity index is 1910. The van der Waals surface area contributed by atoms with Crippen molar-refractivity contribution in [1.29, 1.82) is 0 Å². The zero-order chi connectivity index (χ0) is 31.1. The first-order valence-corrected chi connectivity index (χ1v) is 13.6. The quantitative estimate of drug-likeness (QED) is 0.102. The van der Waals surface area contributed by atoms with Crippen LogP contribution in [0.15, 0.2) is 118 Å². The van der Waals surface area contributed by atoms with E-state index in [4.69, 9.17) is 23.2 Å². The minimum atomic E-state index is -0.156. The molecule has 4 aromatic carbocycles. The standard InChI is InChI=1S/2C16H10ClN3O2.Mn/c2*17-11-3-5-12(6-4-11)19-20-14-8-10(9-21)16(22)15-13(14)2-1-7-18-15;/h2*1-9,22H;. The van der Waals surface area contributed by atoms with Crippen molar-refractivity contribution < 1.29 is 36.9 Å². The molecule has 0 bridgehead atoms. The Kier molecular flexibility index (Phi) is 11.0. The number of carbonyl (C=O) groups excluding carboxylic acids is 2. The molecule has 0 aliphatic carbocycles. The van der Waals surface area contributed by atoms with Crippen LogP contribution in [-0.4, -0.2) is 32.8 Å². The number of hydrogen-bond acceptors (Lipinski definition) is 10. The van der Waals surface area contributed by atoms with Crippen molar-refractivity contribution in [3.63, 3.8) is 0 Å². The van der Waals surface area contributed by atoms with Gasteiger partial charge in [0.1, 0.15) is 11.0 Å². The van der Waals surface area contributed by atoms with E-state index in [1.54, 1.807) is 72.8 Å². The number of fused-ring (bicyclic) bond motifs is 2. The molecule has 13 heteroatoms. The maximum Gasteiger partial charge on any atom is 0.153 e. The summed E-state index contributed by atoms with van der Waals surface area (Å²) >= 11 is 11.6. The summed E-state index contributed by atoms with van der Waals surface area (Å²) in [7, 11) is 0. The number of carbonyl (C=O) groups is 2. The summed E-state index contributed by atoms with van der Waals surface area (Å²) < 4.78 is 0. The first-order valence-electron chi connectivity index (χ1n) is 12.8. The van der Waals surface area contributed by atoms with E-state index in [1.807, 2.05) is 0 Å². The van der Waals surface area contributed by atoms with Crippen molar-refractivity contribution in [2.24, 2.45) is 20.5 Å². The van der Waals surface area contributed by atoms with Crippen LogP contribution in [0.4, 0.5) is 22.7 Å². The van der Waals surface area contributed by atoms with Crippen LogP contribution in [0.25, 0.3) is 21.8 Å². The van der Waals surface area contributed by atoms with E-state index in [0.717, 1.165) is 0 Å². The second-order valence-corrected chi connectivity index (χ2v) is 9.93. The van der Waals surface area contributed by atoms with Gasteiger partial charge in [-0.05, 0) is 84.9 Å². The molecule has 2 heterocycles. The molecule has 0 unspecified atom stereocenters. The van der Waals surface area contributed by atoms with Crippen molar-refractivity contribution in [2.75, 3.05) is 0 Å². The van der Waals surface area contributed by atoms with Gasteiger partial charge in [0.05, 0.1) is 33.9 Å². The molecular weight excluding hydrogens is 658 g/mol. The molecule has 0 saturated heterocycles. The van der Waals surface area contributed by atoms with Crippen LogP contribution < -0.4 is 0 Å². The minimum Gasteiger partial charge on any atom is -0.505 e. The van der Waals surface area contributed by atoms with E-state index in [1.165, 1.54) is 24.5 Å². The van der Waals surface area contributed by atoms with Crippen molar-refractivity contribution in [2.45, 2.75) is 0 Å². The van der Waals surface area contributed by atoms with Crippen LogP contribution in [0.2, 0.25) is 10.0 Å². The SMILES string of the molecule is O=Cc1cc(N=Nc2ccc(Cl)cc2)c2cccnc2c1O.O=Cc1cc(N=Nc2ccc(Cl)cc2)c2cccnc2c1O.[Mn]. The van der Waals surface area contributed by atoms with Gasteiger partial charge in [0.2, 0.25) is 0 Å². The average Bonchev–Trinajstić information content (AvgIpc) is 3.06. The number of phenolic OH excluding ortho intramolecular Hbond substituents is 2. The number of hydrogen-bond donors (Lipinski definition) is 2. The third-order valence-electron chi connectivity index (χ3n) is 6.20. The molecule has 1 radical (unpaired) electrons. The Hall–Kier alpha value is -5.06. The van der Waals surface area contributed by atoms with Crippen LogP contribution in [0.1, 0.15) is 20.7 Å². The molecule has 0 aliphatic heterocycles. The monoisotopic (exact) mass is 677 g/mol. The molecule has 2 N–H and O–H groups in total. The van der Waals surface area contributed by atoms with Gasteiger partial charge in [-0.15, -0.1) is 10.2 Å². The smallest absolute Gasteiger partial charge is 0.153 e. The molecule has 45 heavy (non-hydrogen) atoms. The fourth-order valence-corrected chi connectivity index (χ4v) is 4.30. The largest absolute Gasteiger partial charge is 0.505 e. The molecule has 0 saturated carbocycles. The zero-order valence-corrected chi connectivity index (χ0v) is 25.6. The van der Waals surface area contributed by atoms with Gasteiger partial charge in [0.25, 0.3) is 0 Å². The number of azo groups is 2. The summed E-state index contributed by atoms with van der Waals surface area (Å²) in [4.78, 5) is 30.3. The Balaban J connectivity index is 0.000000200. The van der Waals surface area contributed by atoms with Gasteiger partial charge in [-0.3, -0.25) is 19.6 Å². The van der Waals surface area contributed by atoms with Crippen molar-refractivity contribution in [3.05, 3.63) is 118 Å². The van der Waals surface area contributed by atoms with E-state index < -0.39 is 0 Å². The number of aldehydes is 2. The number of rotatable bonds is 6. The van der Waals surface area contributed by atoms with E-state index in [-0.39, 0.29) is 39.7 Å². The fraction of sp³-hybridized carbons (Fsp3) is 0. The first-order chi connectivity index (χ1) is 21.4. The molecule has 0 fully saturated rings. The molecular formula is C32H20Cl2MnN6O4. The predicted octanol–water partition coefficient (Wildman–Crippen LogP) is 9.64. The fourth-order valence-electron chi connectivity index (χ4n) is 4.05. The summed E-state index contributed by atoms with van der Waals surface area (Å²) in [6, 6.07) is 23.7. The van der Waals surface area contributed by atoms with Gasteiger partial charge in [-0.1, -0.05) is 23.2 Å².